The Bertz CT molecular complexity index is 744. The Hall–Kier alpha value is -2.35. The second-order valence-electron chi connectivity index (χ2n) is 7.67. The number of aromatic amines is 1. The molecule has 2 N–H and O–H groups in total. The van der Waals surface area contributed by atoms with Crippen LogP contribution in [-0.4, -0.2) is 72.1 Å². The Balaban J connectivity index is 1.55. The fraction of sp³-hybridized carbons (Fsp3) is 0.632. The first kappa shape index (κ1) is 19.4. The molecule has 0 spiro atoms. The van der Waals surface area contributed by atoms with Crippen LogP contribution in [0.25, 0.3) is 0 Å². The number of allylic oxidation sites excluding steroid dienone is 1. The van der Waals surface area contributed by atoms with E-state index < -0.39 is 0 Å². The molecule has 148 valence electrons. The minimum Gasteiger partial charge on any atom is -0.348 e. The Morgan fingerprint density at radius 1 is 1.37 bits per heavy atom. The molecule has 0 radical (unpaired) electrons. The Morgan fingerprint density at radius 3 is 2.89 bits per heavy atom. The zero-order valence-electron chi connectivity index (χ0n) is 16.4. The molecule has 0 saturated carbocycles. The van der Waals surface area contributed by atoms with Crippen LogP contribution >= 0.6 is 0 Å². The lowest BCUT2D eigenvalue weighted by molar-refractivity contribution is 0.194. The number of anilines is 1. The van der Waals surface area contributed by atoms with E-state index in [0.717, 1.165) is 37.9 Å². The molecular weight excluding hydrogens is 344 g/mol. The van der Waals surface area contributed by atoms with Crippen LogP contribution in [-0.2, 0) is 6.54 Å². The van der Waals surface area contributed by atoms with Gasteiger partial charge in [0.25, 0.3) is 5.56 Å². The molecule has 3 rings (SSSR count). The topological polar surface area (TPSA) is 84.6 Å². The summed E-state index contributed by atoms with van der Waals surface area (Å²) in [6.07, 6.45) is 8.42. The number of nitrogens with zero attached hydrogens (tertiary/aromatic N) is 4. The number of likely N-dealkylation sites (tertiary alicyclic amines) is 1. The van der Waals surface area contributed by atoms with Gasteiger partial charge in [-0.15, -0.1) is 0 Å². The number of H-pyrrole nitrogens is 1. The number of hydrogen-bond donors (Lipinski definition) is 2. The van der Waals surface area contributed by atoms with Gasteiger partial charge in [0, 0.05) is 51.9 Å². The van der Waals surface area contributed by atoms with E-state index in [4.69, 9.17) is 0 Å². The molecule has 8 nitrogen and oxygen atoms in total. The van der Waals surface area contributed by atoms with Gasteiger partial charge in [0.15, 0.2) is 0 Å². The normalized spacial score (nSPS) is 22.3. The molecule has 8 heteroatoms. The number of likely N-dealkylation sites (N-methyl/N-ethyl adjacent to an activating group) is 1. The van der Waals surface area contributed by atoms with Crippen molar-refractivity contribution in [2.75, 3.05) is 39.1 Å². The number of rotatable bonds is 5. The second-order valence-corrected chi connectivity index (χ2v) is 7.67. The summed E-state index contributed by atoms with van der Waals surface area (Å²) in [5, 5.41) is 3.12. The van der Waals surface area contributed by atoms with E-state index in [9.17, 15) is 9.59 Å². The van der Waals surface area contributed by atoms with Gasteiger partial charge in [0.05, 0.1) is 5.69 Å². The van der Waals surface area contributed by atoms with Gasteiger partial charge in [-0.2, -0.15) is 0 Å². The van der Waals surface area contributed by atoms with Gasteiger partial charge < -0.3 is 15.1 Å². The van der Waals surface area contributed by atoms with Crippen molar-refractivity contribution in [2.45, 2.75) is 44.3 Å². The quantitative estimate of drug-likeness (QED) is 0.756. The molecule has 0 bridgehead atoms. The lowest BCUT2D eigenvalue weighted by Crippen LogP contribution is -2.45. The van der Waals surface area contributed by atoms with Crippen LogP contribution in [0.15, 0.2) is 23.0 Å². The first-order valence-electron chi connectivity index (χ1n) is 9.62. The molecule has 1 saturated heterocycles. The van der Waals surface area contributed by atoms with Crippen molar-refractivity contribution in [1.29, 1.82) is 0 Å². The summed E-state index contributed by atoms with van der Waals surface area (Å²) in [6.45, 7) is 2.03. The highest BCUT2D eigenvalue weighted by atomic mass is 16.2. The molecule has 1 aromatic rings. The minimum atomic E-state index is -0.148. The second kappa shape index (κ2) is 8.56. The molecule has 27 heavy (non-hydrogen) atoms. The van der Waals surface area contributed by atoms with E-state index in [1.807, 2.05) is 26.0 Å². The smallest absolute Gasteiger partial charge is 0.317 e. The van der Waals surface area contributed by atoms with E-state index in [1.165, 1.54) is 0 Å². The number of urea groups is 1. The average Bonchev–Trinajstić information content (AvgIpc) is 3.12. The maximum Gasteiger partial charge on any atom is 0.317 e. The molecule has 2 heterocycles. The summed E-state index contributed by atoms with van der Waals surface area (Å²) in [4.78, 5) is 37.4. The van der Waals surface area contributed by atoms with Crippen LogP contribution in [0.1, 0.15) is 31.4 Å². The average molecular weight is 374 g/mol. The van der Waals surface area contributed by atoms with E-state index in [0.29, 0.717) is 19.0 Å². The van der Waals surface area contributed by atoms with Crippen LogP contribution in [0.4, 0.5) is 10.7 Å². The third-order valence-electron chi connectivity index (χ3n) is 5.25. The molecule has 0 aromatic carbocycles. The summed E-state index contributed by atoms with van der Waals surface area (Å²) in [6, 6.07) is 1.99. The van der Waals surface area contributed by atoms with Gasteiger partial charge in [-0.1, -0.05) is 12.2 Å². The van der Waals surface area contributed by atoms with E-state index >= 15 is 0 Å². The molecule has 0 unspecified atom stereocenters. The van der Waals surface area contributed by atoms with E-state index in [1.54, 1.807) is 11.0 Å². The molecule has 2 amide bonds. The zero-order valence-corrected chi connectivity index (χ0v) is 16.4. The monoisotopic (exact) mass is 374 g/mol. The third kappa shape index (κ3) is 5.09. The van der Waals surface area contributed by atoms with Crippen molar-refractivity contribution in [1.82, 2.24) is 25.1 Å². The zero-order chi connectivity index (χ0) is 19.4. The fourth-order valence-electron chi connectivity index (χ4n) is 3.64. The van der Waals surface area contributed by atoms with Crippen molar-refractivity contribution in [3.63, 3.8) is 0 Å². The van der Waals surface area contributed by atoms with Crippen molar-refractivity contribution in [3.8, 4) is 0 Å². The molecule has 1 fully saturated rings. The van der Waals surface area contributed by atoms with Crippen LogP contribution in [0.5, 0.6) is 0 Å². The summed E-state index contributed by atoms with van der Waals surface area (Å²) in [7, 11) is 5.72. The predicted molar refractivity (Wildman–Crippen MR) is 106 cm³/mol. The number of hydrogen-bond acceptors (Lipinski definition) is 5. The number of carbonyl (C=O) groups excluding carboxylic acids is 1. The lowest BCUT2D eigenvalue weighted by Gasteiger charge is -2.26. The van der Waals surface area contributed by atoms with Gasteiger partial charge in [-0.25, -0.2) is 9.78 Å². The molecule has 1 aliphatic heterocycles. The highest BCUT2D eigenvalue weighted by Crippen LogP contribution is 2.17. The van der Waals surface area contributed by atoms with E-state index in [-0.39, 0.29) is 23.7 Å². The maximum absolute atomic E-state index is 12.5. The third-order valence-corrected chi connectivity index (χ3v) is 5.25. The fourth-order valence-corrected chi connectivity index (χ4v) is 3.64. The first-order valence-corrected chi connectivity index (χ1v) is 9.62. The van der Waals surface area contributed by atoms with Crippen molar-refractivity contribution >= 4 is 12.0 Å². The number of aromatic nitrogens is 2. The molecule has 2 atom stereocenters. The van der Waals surface area contributed by atoms with E-state index in [2.05, 4.69) is 32.3 Å². The predicted octanol–water partition coefficient (Wildman–Crippen LogP) is 1.16. The SMILES string of the molecule is CN(C)c1nc(CN(C)[C@H]2CCN(C(=O)N[C@@H]3C=CCCC3)C2)cc(=O)[nH]1. The van der Waals surface area contributed by atoms with Crippen LogP contribution in [0, 0.1) is 0 Å². The van der Waals surface area contributed by atoms with Gasteiger partial charge in [-0.05, 0) is 32.7 Å². The number of nitrogens with one attached hydrogen (secondary N) is 2. The highest BCUT2D eigenvalue weighted by Gasteiger charge is 2.29. The number of amides is 2. The van der Waals surface area contributed by atoms with Gasteiger partial charge in [0.1, 0.15) is 0 Å². The summed E-state index contributed by atoms with van der Waals surface area (Å²) in [5.74, 6) is 0.555. The largest absolute Gasteiger partial charge is 0.348 e. The van der Waals surface area contributed by atoms with Gasteiger partial charge >= 0.3 is 6.03 Å². The lowest BCUT2D eigenvalue weighted by atomic mass is 10.0. The van der Waals surface area contributed by atoms with Crippen molar-refractivity contribution in [3.05, 3.63) is 34.3 Å². The molecular formula is C19H30N6O2. The maximum atomic E-state index is 12.5. The van der Waals surface area contributed by atoms with Crippen LogP contribution in [0.2, 0.25) is 0 Å². The number of carbonyl (C=O) groups is 1. The summed E-state index contributed by atoms with van der Waals surface area (Å²) in [5.41, 5.74) is 0.588. The van der Waals surface area contributed by atoms with Gasteiger partial charge in [0.2, 0.25) is 5.95 Å². The van der Waals surface area contributed by atoms with Crippen LogP contribution < -0.4 is 15.8 Å². The van der Waals surface area contributed by atoms with Crippen LogP contribution in [0.3, 0.4) is 0 Å². The molecule has 2 aliphatic rings. The summed E-state index contributed by atoms with van der Waals surface area (Å²) < 4.78 is 0. The molecule has 1 aromatic heterocycles. The summed E-state index contributed by atoms with van der Waals surface area (Å²) >= 11 is 0. The standard InChI is InChI=1S/C19H30N6O2/c1-23(2)18-20-15(11-17(26)22-18)12-24(3)16-9-10-25(13-16)19(27)21-14-7-5-4-6-8-14/h5,7,11,14,16H,4,6,8-10,12-13H2,1-3H3,(H,21,27)(H,20,22,26)/t14-,16+/m1/s1. The Morgan fingerprint density at radius 2 is 2.19 bits per heavy atom. The minimum absolute atomic E-state index is 0.0200. The first-order chi connectivity index (χ1) is 12.9. The van der Waals surface area contributed by atoms with Gasteiger partial charge in [-0.3, -0.25) is 14.7 Å². The Kier molecular flexibility index (Phi) is 6.15. The Labute approximate surface area is 160 Å². The highest BCUT2D eigenvalue weighted by molar-refractivity contribution is 5.75. The molecule has 1 aliphatic carbocycles. The van der Waals surface area contributed by atoms with Crippen molar-refractivity contribution < 1.29 is 4.79 Å². The van der Waals surface area contributed by atoms with Crippen molar-refractivity contribution in [2.24, 2.45) is 0 Å².